The van der Waals surface area contributed by atoms with Gasteiger partial charge >= 0.3 is 6.61 Å². The molecule has 1 N–H and O–H groups in total. The van der Waals surface area contributed by atoms with Crippen molar-refractivity contribution in [3.05, 3.63) is 64.7 Å². The van der Waals surface area contributed by atoms with Crippen LogP contribution in [0.1, 0.15) is 24.1 Å². The van der Waals surface area contributed by atoms with Crippen molar-refractivity contribution in [2.45, 2.75) is 26.1 Å². The Morgan fingerprint density at radius 3 is 2.38 bits per heavy atom. The van der Waals surface area contributed by atoms with Crippen molar-refractivity contribution >= 4 is 11.6 Å². The number of alkyl halides is 2. The van der Waals surface area contributed by atoms with Crippen molar-refractivity contribution in [1.29, 1.82) is 0 Å². The van der Waals surface area contributed by atoms with Crippen molar-refractivity contribution in [3.63, 3.8) is 0 Å². The van der Waals surface area contributed by atoms with Crippen LogP contribution in [0.15, 0.2) is 48.5 Å². The first-order chi connectivity index (χ1) is 10.1. The van der Waals surface area contributed by atoms with E-state index in [1.165, 1.54) is 12.1 Å². The molecule has 1 unspecified atom stereocenters. The van der Waals surface area contributed by atoms with E-state index >= 15 is 0 Å². The molecule has 2 aromatic carbocycles. The summed E-state index contributed by atoms with van der Waals surface area (Å²) in [6.07, 6.45) is 0. The fourth-order valence-corrected chi connectivity index (χ4v) is 2.30. The van der Waals surface area contributed by atoms with Crippen LogP contribution in [-0.4, -0.2) is 6.61 Å². The summed E-state index contributed by atoms with van der Waals surface area (Å²) in [6.45, 7) is -0.161. The van der Waals surface area contributed by atoms with Crippen molar-refractivity contribution in [1.82, 2.24) is 5.32 Å². The molecule has 1 atom stereocenters. The molecule has 112 valence electrons. The van der Waals surface area contributed by atoms with E-state index in [0.29, 0.717) is 6.54 Å². The molecule has 0 aliphatic carbocycles. The minimum Gasteiger partial charge on any atom is -0.435 e. The molecule has 0 aliphatic heterocycles. The molecule has 0 saturated carbocycles. The summed E-state index contributed by atoms with van der Waals surface area (Å²) in [5, 5.41) is 4.06. The Morgan fingerprint density at radius 2 is 1.76 bits per heavy atom. The highest BCUT2D eigenvalue weighted by atomic mass is 35.5. The van der Waals surface area contributed by atoms with Gasteiger partial charge in [0.25, 0.3) is 0 Å². The largest absolute Gasteiger partial charge is 0.435 e. The van der Waals surface area contributed by atoms with Gasteiger partial charge in [-0.25, -0.2) is 0 Å². The van der Waals surface area contributed by atoms with E-state index in [2.05, 4.69) is 10.1 Å². The number of hydrogen-bond acceptors (Lipinski definition) is 2. The quantitative estimate of drug-likeness (QED) is 0.828. The zero-order valence-corrected chi connectivity index (χ0v) is 12.3. The lowest BCUT2D eigenvalue weighted by atomic mass is 10.1. The van der Waals surface area contributed by atoms with Crippen LogP contribution in [0.3, 0.4) is 0 Å². The third kappa shape index (κ3) is 4.69. The first-order valence-corrected chi connectivity index (χ1v) is 6.95. The van der Waals surface area contributed by atoms with E-state index in [1.54, 1.807) is 12.1 Å². The highest BCUT2D eigenvalue weighted by Crippen LogP contribution is 2.22. The monoisotopic (exact) mass is 311 g/mol. The van der Waals surface area contributed by atoms with Gasteiger partial charge in [0.05, 0.1) is 0 Å². The topological polar surface area (TPSA) is 21.3 Å². The van der Waals surface area contributed by atoms with Crippen molar-refractivity contribution in [2.24, 2.45) is 0 Å². The Hall–Kier alpha value is -1.65. The van der Waals surface area contributed by atoms with Gasteiger partial charge in [0, 0.05) is 17.6 Å². The van der Waals surface area contributed by atoms with Crippen LogP contribution in [0, 0.1) is 0 Å². The van der Waals surface area contributed by atoms with Gasteiger partial charge in [-0.15, -0.1) is 0 Å². The van der Waals surface area contributed by atoms with Crippen LogP contribution in [-0.2, 0) is 6.54 Å². The maximum atomic E-state index is 12.1. The van der Waals surface area contributed by atoms with Crippen LogP contribution >= 0.6 is 11.6 Å². The number of benzene rings is 2. The minimum absolute atomic E-state index is 0.0932. The van der Waals surface area contributed by atoms with E-state index in [0.717, 1.165) is 16.1 Å². The van der Waals surface area contributed by atoms with Crippen LogP contribution in [0.2, 0.25) is 5.02 Å². The molecule has 0 heterocycles. The summed E-state index contributed by atoms with van der Waals surface area (Å²) >= 11 is 6.14. The summed E-state index contributed by atoms with van der Waals surface area (Å²) in [7, 11) is 0. The lowest BCUT2D eigenvalue weighted by molar-refractivity contribution is -0.0498. The first-order valence-electron chi connectivity index (χ1n) is 6.58. The summed E-state index contributed by atoms with van der Waals surface area (Å²) in [5.74, 6) is 0.160. The molecule has 0 amide bonds. The predicted molar refractivity (Wildman–Crippen MR) is 79.8 cm³/mol. The van der Waals surface area contributed by atoms with Crippen molar-refractivity contribution < 1.29 is 13.5 Å². The van der Waals surface area contributed by atoms with Crippen molar-refractivity contribution in [2.75, 3.05) is 0 Å². The molecule has 2 aromatic rings. The molecule has 0 aliphatic rings. The van der Waals surface area contributed by atoms with Gasteiger partial charge in [-0.1, -0.05) is 41.9 Å². The second-order valence-corrected chi connectivity index (χ2v) is 5.05. The molecule has 0 spiro atoms. The molecule has 2 rings (SSSR count). The minimum atomic E-state index is -2.80. The van der Waals surface area contributed by atoms with Gasteiger partial charge in [0.15, 0.2) is 0 Å². The number of rotatable bonds is 6. The molecular weight excluding hydrogens is 296 g/mol. The Kier molecular flexibility index (Phi) is 5.53. The molecule has 2 nitrogen and oxygen atoms in total. The maximum Gasteiger partial charge on any atom is 0.387 e. The molecule has 0 bridgehead atoms. The highest BCUT2D eigenvalue weighted by Gasteiger charge is 2.08. The fraction of sp³-hybridized carbons (Fsp3) is 0.250. The van der Waals surface area contributed by atoms with E-state index < -0.39 is 6.61 Å². The van der Waals surface area contributed by atoms with E-state index in [4.69, 9.17) is 11.6 Å². The molecule has 21 heavy (non-hydrogen) atoms. The van der Waals surface area contributed by atoms with Crippen LogP contribution < -0.4 is 10.1 Å². The molecule has 0 saturated heterocycles. The lowest BCUT2D eigenvalue weighted by Crippen LogP contribution is -2.18. The Bertz CT molecular complexity index is 575. The third-order valence-corrected chi connectivity index (χ3v) is 3.48. The van der Waals surface area contributed by atoms with Gasteiger partial charge in [-0.05, 0) is 36.2 Å². The standard InChI is InChI=1S/C16H16ClF2NO/c1-11(14-4-2-3-5-15(14)17)20-10-12-6-8-13(9-7-12)21-16(18)19/h2-9,11,16,20H,10H2,1H3. The maximum absolute atomic E-state index is 12.1. The molecule has 0 fully saturated rings. The number of nitrogens with one attached hydrogen (secondary N) is 1. The molecule has 0 radical (unpaired) electrons. The second-order valence-electron chi connectivity index (χ2n) is 4.65. The van der Waals surface area contributed by atoms with Crippen LogP contribution in [0.25, 0.3) is 0 Å². The van der Waals surface area contributed by atoms with Crippen molar-refractivity contribution in [3.8, 4) is 5.75 Å². The van der Waals surface area contributed by atoms with E-state index in [9.17, 15) is 8.78 Å². The van der Waals surface area contributed by atoms with Gasteiger partial charge in [0.1, 0.15) is 5.75 Å². The average Bonchev–Trinajstić information content (AvgIpc) is 2.46. The smallest absolute Gasteiger partial charge is 0.387 e. The Labute approximate surface area is 127 Å². The van der Waals surface area contributed by atoms with Gasteiger partial charge in [0.2, 0.25) is 0 Å². The third-order valence-electron chi connectivity index (χ3n) is 3.13. The zero-order valence-electron chi connectivity index (χ0n) is 11.5. The lowest BCUT2D eigenvalue weighted by Gasteiger charge is -2.16. The fourth-order valence-electron chi connectivity index (χ4n) is 2.00. The summed E-state index contributed by atoms with van der Waals surface area (Å²) in [4.78, 5) is 0. The highest BCUT2D eigenvalue weighted by molar-refractivity contribution is 6.31. The number of hydrogen-bond donors (Lipinski definition) is 1. The SMILES string of the molecule is CC(NCc1ccc(OC(F)F)cc1)c1ccccc1Cl. The predicted octanol–water partition coefficient (Wildman–Crippen LogP) is 4.79. The zero-order chi connectivity index (χ0) is 15.2. The van der Waals surface area contributed by atoms with E-state index in [-0.39, 0.29) is 11.8 Å². The van der Waals surface area contributed by atoms with Crippen LogP contribution in [0.5, 0.6) is 5.75 Å². The average molecular weight is 312 g/mol. The summed E-state index contributed by atoms with van der Waals surface area (Å²) in [5.41, 5.74) is 2.01. The Balaban J connectivity index is 1.92. The van der Waals surface area contributed by atoms with Gasteiger partial charge in [-0.3, -0.25) is 0 Å². The van der Waals surface area contributed by atoms with Crippen LogP contribution in [0.4, 0.5) is 8.78 Å². The Morgan fingerprint density at radius 1 is 1.10 bits per heavy atom. The molecule has 5 heteroatoms. The first kappa shape index (κ1) is 15.7. The van der Waals surface area contributed by atoms with Gasteiger partial charge in [-0.2, -0.15) is 8.78 Å². The summed E-state index contributed by atoms with van der Waals surface area (Å²) in [6, 6.07) is 14.3. The number of ether oxygens (including phenoxy) is 1. The molecular formula is C16H16ClF2NO. The van der Waals surface area contributed by atoms with E-state index in [1.807, 2.05) is 31.2 Å². The molecule has 0 aromatic heterocycles. The number of halogens is 3. The normalized spacial score (nSPS) is 12.4. The summed E-state index contributed by atoms with van der Waals surface area (Å²) < 4.78 is 28.4. The van der Waals surface area contributed by atoms with Gasteiger partial charge < -0.3 is 10.1 Å². The second kappa shape index (κ2) is 7.38.